The second kappa shape index (κ2) is 11.7. The third kappa shape index (κ3) is 5.68. The smallest absolute Gasteiger partial charge is 0.262 e. The Hall–Kier alpha value is -2.90. The number of carbonyl (C=O) groups is 2. The van der Waals surface area contributed by atoms with E-state index in [-0.39, 0.29) is 30.3 Å². The molecule has 35 heavy (non-hydrogen) atoms. The molecule has 2 aromatic carbocycles. The minimum Gasteiger partial charge on any atom is -0.496 e. The Balaban J connectivity index is 1.64. The number of methoxy groups -OCH3 is 2. The average Bonchev–Trinajstić information content (AvgIpc) is 3.57. The van der Waals surface area contributed by atoms with E-state index < -0.39 is 0 Å². The summed E-state index contributed by atoms with van der Waals surface area (Å²) in [4.78, 5) is 28.5. The van der Waals surface area contributed by atoms with Gasteiger partial charge in [0.1, 0.15) is 12.3 Å². The van der Waals surface area contributed by atoms with E-state index in [4.69, 9.17) is 26.2 Å². The van der Waals surface area contributed by atoms with Crippen LogP contribution in [0, 0.1) is 5.92 Å². The number of carbonyl (C=O) groups excluding carboxylic acids is 2. The molecule has 2 aliphatic rings. The molecule has 7 nitrogen and oxygen atoms in total. The van der Waals surface area contributed by atoms with Crippen molar-refractivity contribution in [3.63, 3.8) is 0 Å². The molecule has 1 saturated carbocycles. The van der Waals surface area contributed by atoms with Crippen molar-refractivity contribution in [2.75, 3.05) is 33.9 Å². The zero-order chi connectivity index (χ0) is 24.8. The number of para-hydroxylation sites is 1. The molecule has 1 aliphatic carbocycles. The molecule has 1 fully saturated rings. The first-order valence-electron chi connectivity index (χ1n) is 12.1. The molecule has 0 radical (unpaired) electrons. The van der Waals surface area contributed by atoms with Gasteiger partial charge in [-0.3, -0.25) is 9.59 Å². The minimum atomic E-state index is -0.365. The number of halogens is 1. The van der Waals surface area contributed by atoms with Crippen molar-refractivity contribution in [2.24, 2.45) is 11.0 Å². The normalized spacial score (nSPS) is 18.0. The number of hydrogen-bond donors (Lipinski definition) is 0. The van der Waals surface area contributed by atoms with E-state index >= 15 is 0 Å². The Labute approximate surface area is 211 Å². The number of hydrogen-bond acceptors (Lipinski definition) is 5. The molecule has 1 unspecified atom stereocenters. The fourth-order valence-electron chi connectivity index (χ4n) is 4.92. The van der Waals surface area contributed by atoms with Crippen LogP contribution in [0.25, 0.3) is 0 Å². The van der Waals surface area contributed by atoms with Gasteiger partial charge < -0.3 is 14.4 Å². The highest BCUT2D eigenvalue weighted by molar-refractivity contribution is 6.34. The van der Waals surface area contributed by atoms with E-state index in [1.807, 2.05) is 48.5 Å². The Bertz CT molecular complexity index is 1080. The van der Waals surface area contributed by atoms with Crippen molar-refractivity contribution in [2.45, 2.75) is 38.1 Å². The largest absolute Gasteiger partial charge is 0.496 e. The van der Waals surface area contributed by atoms with E-state index in [2.05, 4.69) is 0 Å². The van der Waals surface area contributed by atoms with Gasteiger partial charge in [0.2, 0.25) is 5.91 Å². The average molecular weight is 498 g/mol. The number of rotatable bonds is 9. The van der Waals surface area contributed by atoms with Gasteiger partial charge in [0.25, 0.3) is 5.91 Å². The summed E-state index contributed by atoms with van der Waals surface area (Å²) >= 11 is 6.46. The third-order valence-corrected chi connectivity index (χ3v) is 7.09. The maximum absolute atomic E-state index is 13.7. The van der Waals surface area contributed by atoms with Gasteiger partial charge in [-0.2, -0.15) is 5.10 Å². The first kappa shape index (κ1) is 25.2. The number of nitrogens with zero attached hydrogens (tertiary/aromatic N) is 3. The fourth-order valence-corrected chi connectivity index (χ4v) is 5.16. The lowest BCUT2D eigenvalue weighted by atomic mass is 9.97. The van der Waals surface area contributed by atoms with Crippen molar-refractivity contribution in [3.8, 4) is 5.75 Å². The number of amides is 2. The van der Waals surface area contributed by atoms with Crippen molar-refractivity contribution >= 4 is 29.1 Å². The van der Waals surface area contributed by atoms with Crippen molar-refractivity contribution in [1.82, 2.24) is 9.91 Å². The molecule has 0 bridgehead atoms. The molecule has 1 heterocycles. The maximum atomic E-state index is 13.7. The van der Waals surface area contributed by atoms with Crippen LogP contribution < -0.4 is 4.74 Å². The molecule has 186 valence electrons. The number of hydrazone groups is 1. The standard InChI is InChI=1S/C27H32ClN3O4/c1-34-16-15-30(27(33)19-9-3-4-10-19)18-26(32)31-24(21-12-6-8-14-25(21)35-2)17-23(29-31)20-11-5-7-13-22(20)28/h5-8,11-14,19,24H,3-4,9-10,15-18H2,1-2H3. The Morgan fingerprint density at radius 1 is 1.09 bits per heavy atom. The lowest BCUT2D eigenvalue weighted by Crippen LogP contribution is -2.44. The van der Waals surface area contributed by atoms with Crippen LogP contribution >= 0.6 is 11.6 Å². The molecule has 0 saturated heterocycles. The molecule has 0 spiro atoms. The summed E-state index contributed by atoms with van der Waals surface area (Å²) in [6.07, 6.45) is 4.34. The van der Waals surface area contributed by atoms with Gasteiger partial charge in [-0.05, 0) is 25.0 Å². The van der Waals surface area contributed by atoms with Crippen molar-refractivity contribution in [3.05, 3.63) is 64.7 Å². The second-order valence-corrected chi connectivity index (χ2v) is 9.37. The molecule has 2 amide bonds. The molecule has 1 aliphatic heterocycles. The summed E-state index contributed by atoms with van der Waals surface area (Å²) in [7, 11) is 3.21. The predicted octanol–water partition coefficient (Wildman–Crippen LogP) is 4.69. The molecule has 4 rings (SSSR count). The summed E-state index contributed by atoms with van der Waals surface area (Å²) in [6, 6.07) is 14.8. The Kier molecular flexibility index (Phi) is 8.42. The second-order valence-electron chi connectivity index (χ2n) is 8.96. The van der Waals surface area contributed by atoms with Crippen LogP contribution in [0.4, 0.5) is 0 Å². The first-order chi connectivity index (χ1) is 17.0. The van der Waals surface area contributed by atoms with Gasteiger partial charge >= 0.3 is 0 Å². The van der Waals surface area contributed by atoms with E-state index in [0.29, 0.717) is 30.3 Å². The minimum absolute atomic E-state index is 0.0227. The van der Waals surface area contributed by atoms with Crippen LogP contribution in [0.5, 0.6) is 5.75 Å². The summed E-state index contributed by atoms with van der Waals surface area (Å²) in [5.74, 6) is 0.441. The van der Waals surface area contributed by atoms with E-state index in [0.717, 1.165) is 42.5 Å². The summed E-state index contributed by atoms with van der Waals surface area (Å²) < 4.78 is 10.8. The van der Waals surface area contributed by atoms with Crippen LogP contribution in [0.1, 0.15) is 49.3 Å². The predicted molar refractivity (Wildman–Crippen MR) is 136 cm³/mol. The topological polar surface area (TPSA) is 71.4 Å². The van der Waals surface area contributed by atoms with Gasteiger partial charge in [0.15, 0.2) is 0 Å². The summed E-state index contributed by atoms with van der Waals surface area (Å²) in [5, 5.41) is 6.81. The SMILES string of the molecule is COCCN(CC(=O)N1N=C(c2ccccc2Cl)CC1c1ccccc1OC)C(=O)C1CCCC1. The zero-order valence-electron chi connectivity index (χ0n) is 20.3. The molecular weight excluding hydrogens is 466 g/mol. The highest BCUT2D eigenvalue weighted by Gasteiger charge is 2.37. The van der Waals surface area contributed by atoms with E-state index in [9.17, 15) is 9.59 Å². The lowest BCUT2D eigenvalue weighted by molar-refractivity contribution is -0.144. The van der Waals surface area contributed by atoms with Crippen LogP contribution in [0.2, 0.25) is 5.02 Å². The molecular formula is C27H32ClN3O4. The molecule has 2 aromatic rings. The molecule has 0 aromatic heterocycles. The van der Waals surface area contributed by atoms with Crippen LogP contribution in [0.15, 0.2) is 53.6 Å². The van der Waals surface area contributed by atoms with Gasteiger partial charge in [-0.15, -0.1) is 0 Å². The van der Waals surface area contributed by atoms with Crippen LogP contribution in [0.3, 0.4) is 0 Å². The maximum Gasteiger partial charge on any atom is 0.262 e. The van der Waals surface area contributed by atoms with Crippen molar-refractivity contribution in [1.29, 1.82) is 0 Å². The quantitative estimate of drug-likeness (QED) is 0.504. The van der Waals surface area contributed by atoms with Crippen LogP contribution in [-0.2, 0) is 14.3 Å². The van der Waals surface area contributed by atoms with Gasteiger partial charge in [0, 0.05) is 42.1 Å². The number of ether oxygens (including phenoxy) is 2. The van der Waals surface area contributed by atoms with Crippen molar-refractivity contribution < 1.29 is 19.1 Å². The van der Waals surface area contributed by atoms with E-state index in [1.165, 1.54) is 5.01 Å². The van der Waals surface area contributed by atoms with Gasteiger partial charge in [-0.25, -0.2) is 5.01 Å². The van der Waals surface area contributed by atoms with Crippen LogP contribution in [-0.4, -0.2) is 61.4 Å². The number of benzene rings is 2. The lowest BCUT2D eigenvalue weighted by Gasteiger charge is -2.29. The Morgan fingerprint density at radius 2 is 1.80 bits per heavy atom. The molecule has 8 heteroatoms. The summed E-state index contributed by atoms with van der Waals surface area (Å²) in [6.45, 7) is 0.686. The molecule has 1 atom stereocenters. The molecule has 0 N–H and O–H groups in total. The van der Waals surface area contributed by atoms with Gasteiger partial charge in [-0.1, -0.05) is 60.8 Å². The van der Waals surface area contributed by atoms with Gasteiger partial charge in [0.05, 0.1) is 25.5 Å². The van der Waals surface area contributed by atoms with E-state index in [1.54, 1.807) is 19.1 Å². The summed E-state index contributed by atoms with van der Waals surface area (Å²) in [5.41, 5.74) is 2.38. The third-order valence-electron chi connectivity index (χ3n) is 6.76. The Morgan fingerprint density at radius 3 is 2.51 bits per heavy atom. The highest BCUT2D eigenvalue weighted by Crippen LogP contribution is 2.38. The highest BCUT2D eigenvalue weighted by atomic mass is 35.5. The zero-order valence-corrected chi connectivity index (χ0v) is 21.0. The fraction of sp³-hybridized carbons (Fsp3) is 0.444. The first-order valence-corrected chi connectivity index (χ1v) is 12.5. The monoisotopic (exact) mass is 497 g/mol.